The molecule has 0 unspecified atom stereocenters. The number of aromatic nitrogens is 1. The highest BCUT2D eigenvalue weighted by atomic mass is 16.4. The molecular formula is C26H30N2O4-2. The zero-order chi connectivity index (χ0) is 23.4. The van der Waals surface area contributed by atoms with Crippen LogP contribution in [0.5, 0.6) is 0 Å². The first-order chi connectivity index (χ1) is 15.3. The predicted molar refractivity (Wildman–Crippen MR) is 121 cm³/mol. The molecule has 0 radical (unpaired) electrons. The average Bonchev–Trinajstić information content (AvgIpc) is 3.10. The molecule has 6 heteroatoms. The second-order valence-corrected chi connectivity index (χ2v) is 8.41. The summed E-state index contributed by atoms with van der Waals surface area (Å²) in [4.78, 5) is 29.2. The van der Waals surface area contributed by atoms with Crippen molar-refractivity contribution in [1.82, 2.24) is 9.88 Å². The Morgan fingerprint density at radius 2 is 1.62 bits per heavy atom. The van der Waals surface area contributed by atoms with E-state index in [-0.39, 0.29) is 5.56 Å². The summed E-state index contributed by atoms with van der Waals surface area (Å²) >= 11 is 0. The van der Waals surface area contributed by atoms with Crippen LogP contribution in [0.3, 0.4) is 0 Å². The molecule has 0 saturated heterocycles. The Morgan fingerprint density at radius 1 is 0.938 bits per heavy atom. The molecule has 3 aromatic rings. The van der Waals surface area contributed by atoms with Gasteiger partial charge in [0.1, 0.15) is 0 Å². The highest BCUT2D eigenvalue weighted by Gasteiger charge is 2.23. The number of likely N-dealkylation sites (N-methyl/N-ethyl adjacent to an activating group) is 1. The number of nitrogens with one attached hydrogen (secondary N) is 1. The highest BCUT2D eigenvalue weighted by molar-refractivity contribution is 5.97. The number of benzene rings is 2. The number of fused-ring (bicyclic) bond motifs is 1. The van der Waals surface area contributed by atoms with Crippen molar-refractivity contribution in [3.63, 3.8) is 0 Å². The Bertz CT molecular complexity index is 1120. The lowest BCUT2D eigenvalue weighted by Gasteiger charge is -2.26. The van der Waals surface area contributed by atoms with Crippen LogP contribution in [0.1, 0.15) is 53.3 Å². The molecule has 1 aromatic heterocycles. The van der Waals surface area contributed by atoms with Crippen LogP contribution in [-0.2, 0) is 35.3 Å². The molecule has 3 rings (SSSR count). The monoisotopic (exact) mass is 434 g/mol. The van der Waals surface area contributed by atoms with E-state index in [2.05, 4.69) is 9.88 Å². The molecule has 0 fully saturated rings. The van der Waals surface area contributed by atoms with Gasteiger partial charge in [0, 0.05) is 36.0 Å². The minimum Gasteiger partial charge on any atom is -0.549 e. The number of rotatable bonds is 10. The van der Waals surface area contributed by atoms with Crippen molar-refractivity contribution in [2.45, 2.75) is 45.4 Å². The summed E-state index contributed by atoms with van der Waals surface area (Å²) in [5.74, 6) is -5.11. The molecule has 0 aliphatic carbocycles. The molecule has 1 N–H and O–H groups in total. The van der Waals surface area contributed by atoms with Gasteiger partial charge in [-0.05, 0) is 60.8 Å². The summed E-state index contributed by atoms with van der Waals surface area (Å²) in [5.41, 5.74) is 6.26. The summed E-state index contributed by atoms with van der Waals surface area (Å²) in [7, 11) is 4.04. The largest absolute Gasteiger partial charge is 0.549 e. The average molecular weight is 435 g/mol. The molecule has 0 aliphatic heterocycles. The van der Waals surface area contributed by atoms with E-state index in [9.17, 15) is 19.8 Å². The van der Waals surface area contributed by atoms with Gasteiger partial charge in [-0.3, -0.25) is 0 Å². The van der Waals surface area contributed by atoms with Gasteiger partial charge in [-0.25, -0.2) is 0 Å². The van der Waals surface area contributed by atoms with E-state index in [0.29, 0.717) is 12.8 Å². The van der Waals surface area contributed by atoms with Gasteiger partial charge in [0.15, 0.2) is 0 Å². The van der Waals surface area contributed by atoms with Crippen LogP contribution in [0.4, 0.5) is 0 Å². The number of aryl methyl sites for hydroxylation is 1. The van der Waals surface area contributed by atoms with Crippen LogP contribution in [0.2, 0.25) is 0 Å². The standard InChI is InChI=1S/C26H32N2O4/c1-5-16-11-12-19(24(25(29)30)26(31)32)20(17(16)6-2)15-21-18-9-7-8-10-22(18)27-23(21)13-14-28(3)4/h7-12,24,27H,5-6,13-15H2,1-4H3,(H,29,30)(H,31,32)/p-2. The van der Waals surface area contributed by atoms with E-state index in [1.807, 2.05) is 58.3 Å². The van der Waals surface area contributed by atoms with E-state index in [0.717, 1.165) is 58.2 Å². The normalized spacial score (nSPS) is 11.6. The molecule has 0 bridgehead atoms. The number of hydrogen-bond donors (Lipinski definition) is 1. The third kappa shape index (κ3) is 4.70. The zero-order valence-electron chi connectivity index (χ0n) is 19.2. The third-order valence-electron chi connectivity index (χ3n) is 6.15. The maximum atomic E-state index is 11.8. The molecule has 6 nitrogen and oxygen atoms in total. The van der Waals surface area contributed by atoms with Crippen molar-refractivity contribution in [1.29, 1.82) is 0 Å². The lowest BCUT2D eigenvalue weighted by Crippen LogP contribution is -2.42. The fourth-order valence-electron chi connectivity index (χ4n) is 4.54. The molecule has 0 atom stereocenters. The predicted octanol–water partition coefficient (Wildman–Crippen LogP) is 1.57. The number of para-hydroxylation sites is 1. The molecule has 0 amide bonds. The number of carbonyl (C=O) groups excluding carboxylic acids is 2. The number of aromatic amines is 1. The van der Waals surface area contributed by atoms with E-state index < -0.39 is 17.9 Å². The van der Waals surface area contributed by atoms with Crippen molar-refractivity contribution in [3.05, 3.63) is 69.9 Å². The number of aliphatic carboxylic acids is 2. The summed E-state index contributed by atoms with van der Waals surface area (Å²) in [6.07, 6.45) is 2.69. The van der Waals surface area contributed by atoms with Crippen LogP contribution < -0.4 is 10.2 Å². The van der Waals surface area contributed by atoms with Gasteiger partial charge in [0.05, 0.1) is 17.9 Å². The van der Waals surface area contributed by atoms with Crippen LogP contribution in [-0.4, -0.2) is 42.5 Å². The van der Waals surface area contributed by atoms with Gasteiger partial charge < -0.3 is 29.7 Å². The second kappa shape index (κ2) is 10.0. The molecule has 2 aromatic carbocycles. The van der Waals surface area contributed by atoms with E-state index in [1.165, 1.54) is 0 Å². The van der Waals surface area contributed by atoms with E-state index >= 15 is 0 Å². The lowest BCUT2D eigenvalue weighted by molar-refractivity contribution is -0.326. The number of nitrogens with zero attached hydrogens (tertiary/aromatic N) is 1. The molecule has 0 spiro atoms. The fraction of sp³-hybridized carbons (Fsp3) is 0.385. The van der Waals surface area contributed by atoms with Gasteiger partial charge in [-0.2, -0.15) is 0 Å². The lowest BCUT2D eigenvalue weighted by atomic mass is 9.83. The summed E-state index contributed by atoms with van der Waals surface area (Å²) < 4.78 is 0. The van der Waals surface area contributed by atoms with Crippen LogP contribution in [0.15, 0.2) is 36.4 Å². The van der Waals surface area contributed by atoms with Crippen molar-refractivity contribution < 1.29 is 19.8 Å². The van der Waals surface area contributed by atoms with Crippen LogP contribution in [0, 0.1) is 0 Å². The molecular weight excluding hydrogens is 404 g/mol. The highest BCUT2D eigenvalue weighted by Crippen LogP contribution is 2.33. The number of carboxylic acids is 2. The molecule has 170 valence electrons. The zero-order valence-corrected chi connectivity index (χ0v) is 19.2. The van der Waals surface area contributed by atoms with Gasteiger partial charge in [0.25, 0.3) is 0 Å². The number of hydrogen-bond acceptors (Lipinski definition) is 5. The van der Waals surface area contributed by atoms with Gasteiger partial charge >= 0.3 is 0 Å². The summed E-state index contributed by atoms with van der Waals surface area (Å²) in [6, 6.07) is 11.5. The van der Waals surface area contributed by atoms with Crippen LogP contribution in [0.25, 0.3) is 10.9 Å². The minimum absolute atomic E-state index is 0.253. The van der Waals surface area contributed by atoms with Crippen molar-refractivity contribution in [2.75, 3.05) is 20.6 Å². The van der Waals surface area contributed by atoms with Gasteiger partial charge in [0.2, 0.25) is 0 Å². The van der Waals surface area contributed by atoms with Gasteiger partial charge in [-0.1, -0.05) is 44.2 Å². The quantitative estimate of drug-likeness (QED) is 0.489. The number of carbonyl (C=O) groups is 2. The van der Waals surface area contributed by atoms with Crippen molar-refractivity contribution in [3.8, 4) is 0 Å². The Labute approximate surface area is 188 Å². The molecule has 1 heterocycles. The van der Waals surface area contributed by atoms with E-state index in [1.54, 1.807) is 6.07 Å². The summed E-state index contributed by atoms with van der Waals surface area (Å²) in [5, 5.41) is 24.6. The Hall–Kier alpha value is -3.12. The third-order valence-corrected chi connectivity index (χ3v) is 6.15. The fourth-order valence-corrected chi connectivity index (χ4v) is 4.54. The number of carboxylic acid groups (broad SMARTS) is 2. The second-order valence-electron chi connectivity index (χ2n) is 8.41. The van der Waals surface area contributed by atoms with E-state index in [4.69, 9.17) is 0 Å². The van der Waals surface area contributed by atoms with Gasteiger partial charge in [-0.15, -0.1) is 0 Å². The molecule has 32 heavy (non-hydrogen) atoms. The first-order valence-electron chi connectivity index (χ1n) is 11.1. The smallest absolute Gasteiger partial charge is 0.0635 e. The maximum absolute atomic E-state index is 11.8. The number of H-pyrrole nitrogens is 1. The molecule has 0 aliphatic rings. The maximum Gasteiger partial charge on any atom is 0.0635 e. The summed E-state index contributed by atoms with van der Waals surface area (Å²) in [6.45, 7) is 4.90. The van der Waals surface area contributed by atoms with Crippen molar-refractivity contribution in [2.24, 2.45) is 0 Å². The topological polar surface area (TPSA) is 99.3 Å². The Kier molecular flexibility index (Phi) is 7.36. The SMILES string of the molecule is CCc1ccc(C(C(=O)[O-])C(=O)[O-])c(Cc2c(CCN(C)C)[nH]c3ccccc23)c1CC. The first kappa shape index (κ1) is 23.5. The van der Waals surface area contributed by atoms with Crippen LogP contribution >= 0.6 is 0 Å². The Morgan fingerprint density at radius 3 is 2.22 bits per heavy atom. The van der Waals surface area contributed by atoms with Crippen molar-refractivity contribution >= 4 is 22.8 Å². The minimum atomic E-state index is -1.81. The Balaban J connectivity index is 2.24. The molecule has 0 saturated carbocycles. The first-order valence-corrected chi connectivity index (χ1v) is 11.1.